The van der Waals surface area contributed by atoms with Crippen LogP contribution in [0.3, 0.4) is 0 Å². The summed E-state index contributed by atoms with van der Waals surface area (Å²) < 4.78 is 1.98. The predicted molar refractivity (Wildman–Crippen MR) is 90.5 cm³/mol. The lowest BCUT2D eigenvalue weighted by molar-refractivity contribution is 0.0947. The molecule has 0 fully saturated rings. The lowest BCUT2D eigenvalue weighted by Crippen LogP contribution is -2.29. The van der Waals surface area contributed by atoms with E-state index >= 15 is 0 Å². The zero-order valence-electron chi connectivity index (χ0n) is 13.0. The van der Waals surface area contributed by atoms with Crippen LogP contribution in [0.15, 0.2) is 36.4 Å². The smallest absolute Gasteiger partial charge is 0.261 e. The van der Waals surface area contributed by atoms with Crippen molar-refractivity contribution in [2.45, 2.75) is 33.4 Å². The van der Waals surface area contributed by atoms with Gasteiger partial charge in [-0.15, -0.1) is 11.3 Å². The van der Waals surface area contributed by atoms with Crippen LogP contribution in [0.2, 0.25) is 0 Å². The van der Waals surface area contributed by atoms with E-state index in [4.69, 9.17) is 0 Å². The number of nitrogens with zero attached hydrogens (tertiary/aromatic N) is 2. The first kappa shape index (κ1) is 14.8. The van der Waals surface area contributed by atoms with Gasteiger partial charge in [-0.25, -0.2) is 0 Å². The van der Waals surface area contributed by atoms with Crippen molar-refractivity contribution in [2.75, 3.05) is 0 Å². The van der Waals surface area contributed by atoms with Gasteiger partial charge in [-0.1, -0.05) is 30.3 Å². The molecule has 0 aliphatic carbocycles. The number of nitrogens with one attached hydrogen (secondary N) is 1. The average molecular weight is 313 g/mol. The van der Waals surface area contributed by atoms with Crippen LogP contribution in [0.1, 0.15) is 34.8 Å². The number of carbonyl (C=O) groups is 1. The van der Waals surface area contributed by atoms with Crippen LogP contribution in [0, 0.1) is 6.92 Å². The van der Waals surface area contributed by atoms with Crippen LogP contribution < -0.4 is 5.32 Å². The van der Waals surface area contributed by atoms with Crippen molar-refractivity contribution >= 4 is 27.5 Å². The highest BCUT2D eigenvalue weighted by Gasteiger charge is 2.16. The predicted octanol–water partition coefficient (Wildman–Crippen LogP) is 3.59. The topological polar surface area (TPSA) is 46.9 Å². The van der Waals surface area contributed by atoms with Gasteiger partial charge in [-0.3, -0.25) is 9.48 Å². The van der Waals surface area contributed by atoms with Gasteiger partial charge in [0.05, 0.1) is 17.1 Å². The van der Waals surface area contributed by atoms with E-state index in [1.807, 2.05) is 49.7 Å². The highest BCUT2D eigenvalue weighted by Crippen LogP contribution is 2.28. The van der Waals surface area contributed by atoms with Gasteiger partial charge < -0.3 is 5.32 Å². The van der Waals surface area contributed by atoms with Crippen LogP contribution in [0.25, 0.3) is 10.2 Å². The summed E-state index contributed by atoms with van der Waals surface area (Å²) in [6.45, 7) is 6.64. The van der Waals surface area contributed by atoms with Crippen LogP contribution in [-0.2, 0) is 6.54 Å². The van der Waals surface area contributed by atoms with E-state index < -0.39 is 0 Å². The molecule has 0 bridgehead atoms. The molecule has 5 heteroatoms. The van der Waals surface area contributed by atoms with Crippen molar-refractivity contribution in [3.63, 3.8) is 0 Å². The number of carbonyl (C=O) groups excluding carboxylic acids is 1. The first-order valence-corrected chi connectivity index (χ1v) is 8.18. The van der Waals surface area contributed by atoms with Gasteiger partial charge in [0.2, 0.25) is 0 Å². The van der Waals surface area contributed by atoms with Crippen molar-refractivity contribution in [2.24, 2.45) is 0 Å². The fourth-order valence-corrected chi connectivity index (χ4v) is 3.49. The Bertz CT molecular complexity index is 802. The number of aryl methyl sites for hydroxylation is 1. The standard InChI is InChI=1S/C17H19N3OS/c1-11(2)18-16(21)15-9-14-12(3)19-20(17(14)22-15)10-13-7-5-4-6-8-13/h4-9,11H,10H2,1-3H3,(H,18,21). The van der Waals surface area contributed by atoms with Crippen molar-refractivity contribution in [3.8, 4) is 0 Å². The summed E-state index contributed by atoms with van der Waals surface area (Å²) in [5, 5.41) is 8.61. The molecule has 0 atom stereocenters. The maximum atomic E-state index is 12.2. The summed E-state index contributed by atoms with van der Waals surface area (Å²) in [5.74, 6) is -0.0122. The molecule has 22 heavy (non-hydrogen) atoms. The second-order valence-electron chi connectivity index (χ2n) is 5.69. The molecule has 114 valence electrons. The lowest BCUT2D eigenvalue weighted by atomic mass is 10.2. The van der Waals surface area contributed by atoms with E-state index in [0.29, 0.717) is 0 Å². The van der Waals surface area contributed by atoms with Gasteiger partial charge in [0.25, 0.3) is 5.91 Å². The summed E-state index contributed by atoms with van der Waals surface area (Å²) in [4.78, 5) is 14.0. The van der Waals surface area contributed by atoms with Gasteiger partial charge >= 0.3 is 0 Å². The van der Waals surface area contributed by atoms with Gasteiger partial charge in [-0.2, -0.15) is 5.10 Å². The molecule has 0 aliphatic rings. The van der Waals surface area contributed by atoms with Crippen molar-refractivity contribution in [1.82, 2.24) is 15.1 Å². The third-order valence-corrected chi connectivity index (χ3v) is 4.57. The second kappa shape index (κ2) is 5.93. The van der Waals surface area contributed by atoms with E-state index in [1.165, 1.54) is 16.9 Å². The number of rotatable bonds is 4. The van der Waals surface area contributed by atoms with E-state index in [0.717, 1.165) is 27.3 Å². The number of hydrogen-bond donors (Lipinski definition) is 1. The maximum absolute atomic E-state index is 12.2. The molecule has 0 saturated heterocycles. The molecule has 0 aliphatic heterocycles. The number of fused-ring (bicyclic) bond motifs is 1. The number of aromatic nitrogens is 2. The number of amides is 1. The molecule has 3 rings (SSSR count). The normalized spacial score (nSPS) is 11.3. The van der Waals surface area contributed by atoms with E-state index in [-0.39, 0.29) is 11.9 Å². The molecule has 0 radical (unpaired) electrons. The Labute approximate surface area is 133 Å². The molecule has 0 saturated carbocycles. The summed E-state index contributed by atoms with van der Waals surface area (Å²) in [6, 6.07) is 12.3. The Balaban J connectivity index is 1.95. The van der Waals surface area contributed by atoms with Crippen LogP contribution >= 0.6 is 11.3 Å². The maximum Gasteiger partial charge on any atom is 0.261 e. The summed E-state index contributed by atoms with van der Waals surface area (Å²) >= 11 is 1.50. The molecular formula is C17H19N3OS. The fourth-order valence-electron chi connectivity index (χ4n) is 2.42. The first-order valence-electron chi connectivity index (χ1n) is 7.36. The van der Waals surface area contributed by atoms with Gasteiger partial charge in [0, 0.05) is 11.4 Å². The highest BCUT2D eigenvalue weighted by molar-refractivity contribution is 7.20. The highest BCUT2D eigenvalue weighted by atomic mass is 32.1. The van der Waals surface area contributed by atoms with Crippen LogP contribution in [0.4, 0.5) is 0 Å². The lowest BCUT2D eigenvalue weighted by Gasteiger charge is -2.06. The van der Waals surface area contributed by atoms with Gasteiger partial charge in [-0.05, 0) is 32.4 Å². The van der Waals surface area contributed by atoms with Gasteiger partial charge in [0.1, 0.15) is 4.83 Å². The molecule has 0 unspecified atom stereocenters. The molecule has 1 aromatic carbocycles. The molecular weight excluding hydrogens is 294 g/mol. The zero-order chi connectivity index (χ0) is 15.7. The minimum Gasteiger partial charge on any atom is -0.349 e. The number of thiophene rings is 1. The molecule has 1 amide bonds. The molecule has 4 nitrogen and oxygen atoms in total. The Morgan fingerprint density at radius 1 is 1.32 bits per heavy atom. The molecule has 2 aromatic heterocycles. The number of hydrogen-bond acceptors (Lipinski definition) is 3. The minimum atomic E-state index is -0.0122. The Morgan fingerprint density at radius 2 is 2.05 bits per heavy atom. The van der Waals surface area contributed by atoms with Crippen molar-refractivity contribution < 1.29 is 4.79 Å². The van der Waals surface area contributed by atoms with Crippen molar-refractivity contribution in [1.29, 1.82) is 0 Å². The summed E-state index contributed by atoms with van der Waals surface area (Å²) in [5.41, 5.74) is 2.17. The quantitative estimate of drug-likeness (QED) is 0.800. The van der Waals surface area contributed by atoms with E-state index in [9.17, 15) is 4.79 Å². The Morgan fingerprint density at radius 3 is 2.73 bits per heavy atom. The minimum absolute atomic E-state index is 0.0122. The fraction of sp³-hybridized carbons (Fsp3) is 0.294. The average Bonchev–Trinajstić information content (AvgIpc) is 3.02. The second-order valence-corrected chi connectivity index (χ2v) is 6.72. The summed E-state index contributed by atoms with van der Waals surface area (Å²) in [6.07, 6.45) is 0. The third-order valence-electron chi connectivity index (χ3n) is 3.43. The Hall–Kier alpha value is -2.14. The van der Waals surface area contributed by atoms with Crippen LogP contribution in [-0.4, -0.2) is 21.7 Å². The first-order chi connectivity index (χ1) is 10.5. The Kier molecular flexibility index (Phi) is 3.98. The third kappa shape index (κ3) is 2.90. The molecule has 3 aromatic rings. The largest absolute Gasteiger partial charge is 0.349 e. The molecule has 1 N–H and O–H groups in total. The molecule has 2 heterocycles. The molecule has 0 spiro atoms. The van der Waals surface area contributed by atoms with Gasteiger partial charge in [0.15, 0.2) is 0 Å². The van der Waals surface area contributed by atoms with E-state index in [1.54, 1.807) is 0 Å². The summed E-state index contributed by atoms with van der Waals surface area (Å²) in [7, 11) is 0. The monoisotopic (exact) mass is 313 g/mol. The van der Waals surface area contributed by atoms with Crippen LogP contribution in [0.5, 0.6) is 0 Å². The van der Waals surface area contributed by atoms with E-state index in [2.05, 4.69) is 22.5 Å². The van der Waals surface area contributed by atoms with Crippen molar-refractivity contribution in [3.05, 3.63) is 52.5 Å². The zero-order valence-corrected chi connectivity index (χ0v) is 13.8. The SMILES string of the molecule is Cc1nn(Cc2ccccc2)c2sc(C(=O)NC(C)C)cc12. The number of benzene rings is 1.